The van der Waals surface area contributed by atoms with E-state index in [1.54, 1.807) is 42.5 Å². The maximum atomic E-state index is 14.1. The highest BCUT2D eigenvalue weighted by Crippen LogP contribution is 2.28. The van der Waals surface area contributed by atoms with Gasteiger partial charge in [-0.25, -0.2) is 8.42 Å². The van der Waals surface area contributed by atoms with Crippen LogP contribution < -0.4 is 9.62 Å². The number of amides is 2. The fourth-order valence-electron chi connectivity index (χ4n) is 4.16. The molecule has 2 amide bonds. The number of carbonyl (C=O) groups excluding carboxylic acids is 2. The van der Waals surface area contributed by atoms with Crippen LogP contribution in [0.15, 0.2) is 77.3 Å². The molecule has 0 heterocycles. The third-order valence-electron chi connectivity index (χ3n) is 6.27. The molecule has 0 aliphatic carbocycles. The molecule has 0 radical (unpaired) electrons. The number of benzene rings is 3. The first kappa shape index (κ1) is 31.9. The molecule has 3 rings (SSSR count). The van der Waals surface area contributed by atoms with Crippen molar-refractivity contribution in [2.75, 3.05) is 23.7 Å². The second-order valence-electron chi connectivity index (χ2n) is 9.32. The molecule has 1 N–H and O–H groups in total. The van der Waals surface area contributed by atoms with Crippen molar-refractivity contribution in [3.8, 4) is 0 Å². The van der Waals surface area contributed by atoms with E-state index in [9.17, 15) is 18.0 Å². The number of nitrogens with zero attached hydrogens (tertiary/aromatic N) is 2. The monoisotopic (exact) mass is 667 g/mol. The largest absolute Gasteiger partial charge is 0.354 e. The second kappa shape index (κ2) is 14.9. The zero-order chi connectivity index (χ0) is 29.3. The Balaban J connectivity index is 2.08. The molecular weight excluding hydrogens is 637 g/mol. The lowest BCUT2D eigenvalue weighted by atomic mass is 10.0. The number of anilines is 1. The molecule has 0 fully saturated rings. The van der Waals surface area contributed by atoms with E-state index in [0.717, 1.165) is 29.0 Å². The molecule has 0 spiro atoms. The molecule has 40 heavy (non-hydrogen) atoms. The minimum Gasteiger partial charge on any atom is -0.354 e. The summed E-state index contributed by atoms with van der Waals surface area (Å²) in [6.45, 7) is 1.85. The highest BCUT2D eigenvalue weighted by molar-refractivity contribution is 9.10. The van der Waals surface area contributed by atoms with Crippen molar-refractivity contribution in [1.82, 2.24) is 10.2 Å². The van der Waals surface area contributed by atoms with E-state index in [1.807, 2.05) is 37.3 Å². The van der Waals surface area contributed by atoms with Crippen molar-refractivity contribution in [2.24, 2.45) is 0 Å². The van der Waals surface area contributed by atoms with Crippen LogP contribution >= 0.6 is 39.1 Å². The Labute approximate surface area is 254 Å². The molecule has 0 aliphatic heterocycles. The van der Waals surface area contributed by atoms with Crippen molar-refractivity contribution >= 4 is 66.7 Å². The first-order valence-electron chi connectivity index (χ1n) is 12.8. The van der Waals surface area contributed by atoms with Crippen molar-refractivity contribution in [2.45, 2.75) is 38.8 Å². The molecule has 7 nitrogen and oxygen atoms in total. The number of unbranched alkanes of at least 4 members (excludes halogenated alkanes) is 1. The Bertz CT molecular complexity index is 1400. The van der Waals surface area contributed by atoms with E-state index in [4.69, 9.17) is 23.2 Å². The first-order valence-corrected chi connectivity index (χ1v) is 16.2. The zero-order valence-corrected chi connectivity index (χ0v) is 26.2. The lowest BCUT2D eigenvalue weighted by Crippen LogP contribution is -2.53. The molecule has 214 valence electrons. The fourth-order valence-corrected chi connectivity index (χ4v) is 5.90. The van der Waals surface area contributed by atoms with Gasteiger partial charge in [-0.15, -0.1) is 0 Å². The molecule has 3 aromatic rings. The van der Waals surface area contributed by atoms with Crippen molar-refractivity contribution < 1.29 is 18.0 Å². The third-order valence-corrected chi connectivity index (χ3v) is 8.61. The summed E-state index contributed by atoms with van der Waals surface area (Å²) in [4.78, 5) is 29.1. The van der Waals surface area contributed by atoms with Crippen LogP contribution in [-0.2, 0) is 32.6 Å². The van der Waals surface area contributed by atoms with Crippen LogP contribution in [0, 0.1) is 0 Å². The van der Waals surface area contributed by atoms with Gasteiger partial charge in [0.1, 0.15) is 12.6 Å². The van der Waals surface area contributed by atoms with Crippen molar-refractivity contribution in [1.29, 1.82) is 0 Å². The maximum Gasteiger partial charge on any atom is 0.244 e. The predicted octanol–water partition coefficient (Wildman–Crippen LogP) is 6.08. The number of rotatable bonds is 13. The van der Waals surface area contributed by atoms with Gasteiger partial charge in [0.05, 0.1) is 11.9 Å². The summed E-state index contributed by atoms with van der Waals surface area (Å²) in [6, 6.07) is 20.0. The molecule has 0 bridgehead atoms. The smallest absolute Gasteiger partial charge is 0.244 e. The number of nitrogens with one attached hydrogen (secondary N) is 1. The third kappa shape index (κ3) is 8.96. The minimum absolute atomic E-state index is 0.0911. The molecule has 0 unspecified atom stereocenters. The molecule has 3 aromatic carbocycles. The van der Waals surface area contributed by atoms with E-state index in [2.05, 4.69) is 21.2 Å². The Morgan fingerprint density at radius 2 is 1.62 bits per heavy atom. The van der Waals surface area contributed by atoms with Crippen molar-refractivity contribution in [3.05, 3.63) is 98.4 Å². The Morgan fingerprint density at radius 3 is 2.23 bits per heavy atom. The molecular formula is C29H32BrCl2N3O4S. The van der Waals surface area contributed by atoms with Crippen LogP contribution in [0.3, 0.4) is 0 Å². The summed E-state index contributed by atoms with van der Waals surface area (Å²) in [5.41, 5.74) is 1.62. The molecule has 0 aromatic heterocycles. The maximum absolute atomic E-state index is 14.1. The van der Waals surface area contributed by atoms with Gasteiger partial charge in [0, 0.05) is 39.6 Å². The van der Waals surface area contributed by atoms with Gasteiger partial charge in [-0.2, -0.15) is 0 Å². The highest BCUT2D eigenvalue weighted by Gasteiger charge is 2.33. The topological polar surface area (TPSA) is 86.8 Å². The number of hydrogen-bond donors (Lipinski definition) is 1. The van der Waals surface area contributed by atoms with E-state index in [-0.39, 0.29) is 18.9 Å². The summed E-state index contributed by atoms with van der Waals surface area (Å²) in [5.74, 6) is -0.921. The molecule has 0 saturated carbocycles. The normalized spacial score (nSPS) is 12.0. The van der Waals surface area contributed by atoms with Gasteiger partial charge in [0.15, 0.2) is 0 Å². The predicted molar refractivity (Wildman–Crippen MR) is 165 cm³/mol. The van der Waals surface area contributed by atoms with Crippen LogP contribution in [0.5, 0.6) is 0 Å². The van der Waals surface area contributed by atoms with Crippen LogP contribution in [0.4, 0.5) is 5.69 Å². The summed E-state index contributed by atoms with van der Waals surface area (Å²) < 4.78 is 27.4. The molecule has 0 aliphatic rings. The zero-order valence-electron chi connectivity index (χ0n) is 22.3. The van der Waals surface area contributed by atoms with Gasteiger partial charge < -0.3 is 10.2 Å². The summed E-state index contributed by atoms with van der Waals surface area (Å²) >= 11 is 16.3. The van der Waals surface area contributed by atoms with Gasteiger partial charge in [0.25, 0.3) is 0 Å². The summed E-state index contributed by atoms with van der Waals surface area (Å²) in [6.07, 6.45) is 2.91. The molecule has 1 atom stereocenters. The average Bonchev–Trinajstić information content (AvgIpc) is 2.90. The average molecular weight is 669 g/mol. The number of halogens is 3. The van der Waals surface area contributed by atoms with Crippen LogP contribution in [0.25, 0.3) is 0 Å². The number of carbonyl (C=O) groups is 2. The quantitative estimate of drug-likeness (QED) is 0.224. The molecule has 11 heteroatoms. The SMILES string of the molecule is CCCCNC(=O)[C@H](Cc1ccccc1)N(Cc1c(Cl)cccc1Cl)C(=O)CN(c1cccc(Br)c1)S(C)(=O)=O. The fraction of sp³-hybridized carbons (Fsp3) is 0.310. The van der Waals surface area contributed by atoms with Gasteiger partial charge in [-0.1, -0.05) is 94.9 Å². The van der Waals surface area contributed by atoms with Crippen LogP contribution in [0.1, 0.15) is 30.9 Å². The summed E-state index contributed by atoms with van der Waals surface area (Å²) in [7, 11) is -3.86. The second-order valence-corrected chi connectivity index (χ2v) is 13.0. The lowest BCUT2D eigenvalue weighted by Gasteiger charge is -2.34. The first-order chi connectivity index (χ1) is 19.0. The Hall–Kier alpha value is -2.59. The number of sulfonamides is 1. The Morgan fingerprint density at radius 1 is 0.975 bits per heavy atom. The van der Waals surface area contributed by atoms with Gasteiger partial charge in [-0.3, -0.25) is 13.9 Å². The lowest BCUT2D eigenvalue weighted by molar-refractivity contribution is -0.140. The van der Waals surface area contributed by atoms with Crippen LogP contribution in [-0.4, -0.2) is 50.5 Å². The van der Waals surface area contributed by atoms with E-state index >= 15 is 0 Å². The number of hydrogen-bond acceptors (Lipinski definition) is 4. The van der Waals surface area contributed by atoms with E-state index in [0.29, 0.717) is 32.3 Å². The minimum atomic E-state index is -3.86. The molecule has 0 saturated heterocycles. The summed E-state index contributed by atoms with van der Waals surface area (Å²) in [5, 5.41) is 3.61. The van der Waals surface area contributed by atoms with Crippen LogP contribution in [0.2, 0.25) is 10.0 Å². The van der Waals surface area contributed by atoms with E-state index < -0.39 is 28.5 Å². The van der Waals surface area contributed by atoms with Gasteiger partial charge in [0.2, 0.25) is 21.8 Å². The van der Waals surface area contributed by atoms with E-state index in [1.165, 1.54) is 4.90 Å². The van der Waals surface area contributed by atoms with Gasteiger partial charge >= 0.3 is 0 Å². The van der Waals surface area contributed by atoms with Crippen molar-refractivity contribution in [3.63, 3.8) is 0 Å². The highest BCUT2D eigenvalue weighted by atomic mass is 79.9. The van der Waals surface area contributed by atoms with Gasteiger partial charge in [-0.05, 0) is 42.3 Å². The Kier molecular flexibility index (Phi) is 11.9. The standard InChI is InChI=1S/C29H32BrCl2N3O4S/c1-3-4-16-33-29(37)27(17-21-10-6-5-7-11-21)34(19-24-25(31)14-9-15-26(24)32)28(36)20-35(40(2,38)39)23-13-8-12-22(30)18-23/h5-15,18,27H,3-4,16-17,19-20H2,1-2H3,(H,33,37)/t27-/m0/s1.